The maximum absolute atomic E-state index is 13.5. The number of benzene rings is 1. The summed E-state index contributed by atoms with van der Waals surface area (Å²) in [6, 6.07) is 7.87. The molecule has 0 aliphatic heterocycles. The van der Waals surface area contributed by atoms with E-state index in [9.17, 15) is 4.79 Å². The van der Waals surface area contributed by atoms with E-state index >= 15 is 0 Å². The van der Waals surface area contributed by atoms with Gasteiger partial charge >= 0.3 is 5.97 Å². The van der Waals surface area contributed by atoms with E-state index in [1.54, 1.807) is 0 Å². The van der Waals surface area contributed by atoms with Gasteiger partial charge in [-0.05, 0) is 72.1 Å². The predicted molar refractivity (Wildman–Crippen MR) is 149 cm³/mol. The third kappa shape index (κ3) is 7.54. The van der Waals surface area contributed by atoms with Gasteiger partial charge in [0.05, 0.1) is 0 Å². The average molecular weight is 511 g/mol. The lowest BCUT2D eigenvalue weighted by Gasteiger charge is -2.41. The molecule has 1 unspecified atom stereocenters. The van der Waals surface area contributed by atoms with Crippen LogP contribution in [0.15, 0.2) is 24.3 Å². The third-order valence-corrected chi connectivity index (χ3v) is 21.1. The van der Waals surface area contributed by atoms with Gasteiger partial charge in [0.15, 0.2) is 14.4 Å². The predicted octanol–water partition coefficient (Wildman–Crippen LogP) is 8.68. The maximum Gasteiger partial charge on any atom is 0.325 e. The lowest BCUT2D eigenvalue weighted by atomic mass is 10.1. The molecule has 0 aliphatic rings. The van der Waals surface area contributed by atoms with Crippen LogP contribution >= 0.6 is 0 Å². The van der Waals surface area contributed by atoms with Crippen molar-refractivity contribution in [3.05, 3.63) is 29.8 Å². The number of carbonyl (C=O) groups is 1. The topological polar surface area (TPSA) is 44.8 Å². The van der Waals surface area contributed by atoms with Crippen molar-refractivity contribution in [1.29, 1.82) is 0 Å². The second-order valence-corrected chi connectivity index (χ2v) is 28.1. The first-order chi connectivity index (χ1) is 14.4. The highest BCUT2D eigenvalue weighted by Crippen LogP contribution is 2.43. The Balaban J connectivity index is 3.33. The Morgan fingerprint density at radius 3 is 1.42 bits per heavy atom. The van der Waals surface area contributed by atoms with E-state index in [0.717, 1.165) is 11.3 Å². The fourth-order valence-corrected chi connectivity index (χ4v) is 5.46. The standard InChI is InChI=1S/C26H50O4Si3/c1-24(2,3)31(10,11)28-21-18-16-20(17-19-21)22(29-32(12,13)25(4,5)6)23(27)30-33(14,15)26(7,8)9/h16-19,22H,1-15H3. The zero-order valence-electron chi connectivity index (χ0n) is 24.0. The molecule has 1 aromatic rings. The minimum Gasteiger partial charge on any atom is -0.544 e. The number of hydrogen-bond donors (Lipinski definition) is 0. The summed E-state index contributed by atoms with van der Waals surface area (Å²) in [4.78, 5) is 13.5. The number of rotatable bonds is 7. The lowest BCUT2D eigenvalue weighted by Crippen LogP contribution is -2.47. The molecule has 0 radical (unpaired) electrons. The van der Waals surface area contributed by atoms with Gasteiger partial charge in [-0.2, -0.15) is 0 Å². The van der Waals surface area contributed by atoms with Gasteiger partial charge in [-0.25, -0.2) is 0 Å². The highest BCUT2D eigenvalue weighted by Gasteiger charge is 2.45. The van der Waals surface area contributed by atoms with E-state index < -0.39 is 31.1 Å². The Bertz CT molecular complexity index is 808. The first-order valence-electron chi connectivity index (χ1n) is 12.1. The van der Waals surface area contributed by atoms with E-state index in [1.807, 2.05) is 24.3 Å². The monoisotopic (exact) mass is 510 g/mol. The van der Waals surface area contributed by atoms with Crippen LogP contribution in [0.2, 0.25) is 54.4 Å². The molecule has 33 heavy (non-hydrogen) atoms. The Labute approximate surface area is 207 Å². The molecule has 0 saturated heterocycles. The number of hydrogen-bond acceptors (Lipinski definition) is 4. The molecule has 0 aliphatic carbocycles. The summed E-state index contributed by atoms with van der Waals surface area (Å²) < 4.78 is 19.3. The van der Waals surface area contributed by atoms with Crippen LogP contribution < -0.4 is 4.43 Å². The fourth-order valence-electron chi connectivity index (χ4n) is 2.34. The van der Waals surface area contributed by atoms with Crippen LogP contribution in [0.1, 0.15) is 74.0 Å². The van der Waals surface area contributed by atoms with Crippen LogP contribution in [-0.2, 0) is 13.6 Å². The molecule has 7 heteroatoms. The van der Waals surface area contributed by atoms with Crippen molar-refractivity contribution in [3.63, 3.8) is 0 Å². The normalized spacial score (nSPS) is 15.2. The van der Waals surface area contributed by atoms with Gasteiger partial charge in [-0.15, -0.1) is 0 Å². The van der Waals surface area contributed by atoms with Crippen LogP contribution in [0.5, 0.6) is 5.75 Å². The Hall–Kier alpha value is -0.899. The Morgan fingerprint density at radius 2 is 1.06 bits per heavy atom. The third-order valence-electron chi connectivity index (χ3n) is 7.96. The fraction of sp³-hybridized carbons (Fsp3) is 0.731. The zero-order chi connectivity index (χ0) is 26.3. The van der Waals surface area contributed by atoms with Crippen molar-refractivity contribution in [3.8, 4) is 5.75 Å². The van der Waals surface area contributed by atoms with Crippen LogP contribution in [0.25, 0.3) is 0 Å². The summed E-state index contributed by atoms with van der Waals surface area (Å²) in [5.74, 6) is 0.568. The summed E-state index contributed by atoms with van der Waals surface area (Å²) in [7, 11) is -6.44. The van der Waals surface area contributed by atoms with Gasteiger partial charge in [0.25, 0.3) is 8.32 Å². The molecule has 4 nitrogen and oxygen atoms in total. The minimum atomic E-state index is -2.28. The van der Waals surface area contributed by atoms with E-state index in [2.05, 4.69) is 102 Å². The molecular formula is C26H50O4Si3. The summed E-state index contributed by atoms with van der Waals surface area (Å²) >= 11 is 0. The van der Waals surface area contributed by atoms with E-state index in [-0.39, 0.29) is 21.1 Å². The Kier molecular flexibility index (Phi) is 8.79. The molecule has 0 heterocycles. The van der Waals surface area contributed by atoms with Gasteiger partial charge in [-0.3, -0.25) is 4.79 Å². The van der Waals surface area contributed by atoms with E-state index in [0.29, 0.717) is 0 Å². The molecule has 1 atom stereocenters. The van der Waals surface area contributed by atoms with E-state index in [1.165, 1.54) is 0 Å². The van der Waals surface area contributed by atoms with Crippen LogP contribution in [0.3, 0.4) is 0 Å². The van der Waals surface area contributed by atoms with Gasteiger partial charge in [0.1, 0.15) is 5.75 Å². The van der Waals surface area contributed by atoms with Crippen LogP contribution in [-0.4, -0.2) is 30.9 Å². The van der Waals surface area contributed by atoms with Crippen molar-refractivity contribution in [1.82, 2.24) is 0 Å². The summed E-state index contributed by atoms with van der Waals surface area (Å²) in [5.41, 5.74) is 0.825. The zero-order valence-corrected chi connectivity index (χ0v) is 27.0. The van der Waals surface area contributed by atoms with Crippen molar-refractivity contribution >= 4 is 30.9 Å². The SMILES string of the molecule is CC(C)(C)[Si](C)(C)OC(=O)C(O[Si](C)(C)C(C)(C)C)c1ccc(O[Si](C)(C)C(C)(C)C)cc1. The van der Waals surface area contributed by atoms with Gasteiger partial charge in [-0.1, -0.05) is 74.4 Å². The average Bonchev–Trinajstić information content (AvgIpc) is 2.56. The van der Waals surface area contributed by atoms with Crippen LogP contribution in [0.4, 0.5) is 0 Å². The van der Waals surface area contributed by atoms with Crippen molar-refractivity contribution in [2.75, 3.05) is 0 Å². The van der Waals surface area contributed by atoms with Gasteiger partial charge in [0, 0.05) is 0 Å². The first kappa shape index (κ1) is 30.1. The molecule has 0 bridgehead atoms. The largest absolute Gasteiger partial charge is 0.544 e. The highest BCUT2D eigenvalue weighted by atomic mass is 28.4. The Morgan fingerprint density at radius 1 is 0.667 bits per heavy atom. The molecule has 0 N–H and O–H groups in total. The first-order valence-corrected chi connectivity index (χ1v) is 20.8. The molecule has 0 spiro atoms. The van der Waals surface area contributed by atoms with Crippen molar-refractivity contribution < 1.29 is 18.1 Å². The molecule has 1 aromatic carbocycles. The summed E-state index contributed by atoms with van der Waals surface area (Å²) in [6.07, 6.45) is -0.734. The highest BCUT2D eigenvalue weighted by molar-refractivity contribution is 6.76. The van der Waals surface area contributed by atoms with E-state index in [4.69, 9.17) is 13.3 Å². The quantitative estimate of drug-likeness (QED) is 0.344. The van der Waals surface area contributed by atoms with Crippen molar-refractivity contribution in [2.45, 2.75) is 123 Å². The second kappa shape index (κ2) is 9.63. The molecule has 0 saturated carbocycles. The van der Waals surface area contributed by atoms with Crippen molar-refractivity contribution in [2.24, 2.45) is 0 Å². The smallest absolute Gasteiger partial charge is 0.325 e. The maximum atomic E-state index is 13.5. The second-order valence-electron chi connectivity index (χ2n) is 13.9. The summed E-state index contributed by atoms with van der Waals surface area (Å²) in [6.45, 7) is 32.7. The molecular weight excluding hydrogens is 461 g/mol. The van der Waals surface area contributed by atoms with Crippen LogP contribution in [0, 0.1) is 0 Å². The molecule has 0 aromatic heterocycles. The van der Waals surface area contributed by atoms with Gasteiger partial charge < -0.3 is 13.3 Å². The molecule has 1 rings (SSSR count). The molecule has 190 valence electrons. The number of carbonyl (C=O) groups excluding carboxylic acids is 1. The lowest BCUT2D eigenvalue weighted by molar-refractivity contribution is -0.144. The minimum absolute atomic E-state index is 0.0200. The molecule has 0 fully saturated rings. The van der Waals surface area contributed by atoms with Gasteiger partial charge in [0.2, 0.25) is 8.32 Å². The molecule has 0 amide bonds. The summed E-state index contributed by atoms with van der Waals surface area (Å²) in [5, 5.41) is 0.0333.